The van der Waals surface area contributed by atoms with Gasteiger partial charge in [-0.05, 0) is 19.3 Å². The number of aliphatic hydroxyl groups is 3. The van der Waals surface area contributed by atoms with E-state index in [1.165, 1.54) is 116 Å². The van der Waals surface area contributed by atoms with E-state index in [1.807, 2.05) is 0 Å². The second-order valence-corrected chi connectivity index (χ2v) is 11.1. The van der Waals surface area contributed by atoms with Crippen LogP contribution in [0.2, 0.25) is 0 Å². The SMILES string of the molecule is CCCCCCCCCCCCC(O)CN(CCCO)CC(O)CCCCCCCCCCCC. The first-order valence-corrected chi connectivity index (χ1v) is 15.8. The Hall–Kier alpha value is -0.160. The molecule has 4 heteroatoms. The van der Waals surface area contributed by atoms with E-state index >= 15 is 0 Å². The average Bonchev–Trinajstić information content (AvgIpc) is 2.84. The van der Waals surface area contributed by atoms with Crippen molar-refractivity contribution in [3.05, 3.63) is 0 Å². The summed E-state index contributed by atoms with van der Waals surface area (Å²) in [5.74, 6) is 0. The maximum absolute atomic E-state index is 10.5. The summed E-state index contributed by atoms with van der Waals surface area (Å²) in [6.45, 7) is 6.68. The van der Waals surface area contributed by atoms with Crippen molar-refractivity contribution in [2.75, 3.05) is 26.2 Å². The topological polar surface area (TPSA) is 63.9 Å². The summed E-state index contributed by atoms with van der Waals surface area (Å²) in [5, 5.41) is 30.3. The van der Waals surface area contributed by atoms with Crippen LogP contribution >= 0.6 is 0 Å². The number of hydrogen-bond acceptors (Lipinski definition) is 4. The molecular formula is C31H65NO3. The Morgan fingerprint density at radius 3 is 1.09 bits per heavy atom. The summed E-state index contributed by atoms with van der Waals surface area (Å²) in [5.41, 5.74) is 0. The van der Waals surface area contributed by atoms with E-state index in [0.717, 1.165) is 32.2 Å². The molecule has 0 spiro atoms. The standard InChI is InChI=1S/C31H65NO3/c1-3-5-7-9-11-13-15-17-19-21-24-30(34)28-32(26-23-27-33)29-31(35)25-22-20-18-16-14-12-10-8-6-4-2/h30-31,33-35H,3-29H2,1-2H3. The zero-order chi connectivity index (χ0) is 25.8. The third-order valence-corrected chi connectivity index (χ3v) is 7.35. The van der Waals surface area contributed by atoms with Crippen molar-refractivity contribution in [3.63, 3.8) is 0 Å². The monoisotopic (exact) mass is 499 g/mol. The Morgan fingerprint density at radius 1 is 0.457 bits per heavy atom. The van der Waals surface area contributed by atoms with Gasteiger partial charge in [0.2, 0.25) is 0 Å². The number of rotatable bonds is 29. The molecule has 0 aromatic carbocycles. The average molecular weight is 500 g/mol. The van der Waals surface area contributed by atoms with Crippen LogP contribution in [0.1, 0.15) is 162 Å². The van der Waals surface area contributed by atoms with Crippen molar-refractivity contribution in [1.29, 1.82) is 0 Å². The van der Waals surface area contributed by atoms with Crippen molar-refractivity contribution in [2.45, 2.75) is 174 Å². The molecule has 0 saturated heterocycles. The maximum atomic E-state index is 10.5. The van der Waals surface area contributed by atoms with Crippen LogP contribution in [-0.4, -0.2) is 58.7 Å². The molecule has 0 bridgehead atoms. The second-order valence-electron chi connectivity index (χ2n) is 11.1. The Labute approximate surface area is 220 Å². The summed E-state index contributed by atoms with van der Waals surface area (Å²) in [4.78, 5) is 2.16. The number of unbranched alkanes of at least 4 members (excludes halogenated alkanes) is 18. The molecule has 0 aromatic rings. The normalized spacial score (nSPS) is 13.5. The van der Waals surface area contributed by atoms with Crippen molar-refractivity contribution >= 4 is 0 Å². The van der Waals surface area contributed by atoms with Gasteiger partial charge in [0.15, 0.2) is 0 Å². The molecule has 0 aliphatic carbocycles. The van der Waals surface area contributed by atoms with Gasteiger partial charge in [-0.1, -0.05) is 142 Å². The highest BCUT2D eigenvalue weighted by atomic mass is 16.3. The van der Waals surface area contributed by atoms with Gasteiger partial charge >= 0.3 is 0 Å². The molecule has 0 saturated carbocycles. The van der Waals surface area contributed by atoms with E-state index in [1.54, 1.807) is 0 Å². The van der Waals surface area contributed by atoms with Crippen molar-refractivity contribution in [2.24, 2.45) is 0 Å². The van der Waals surface area contributed by atoms with E-state index < -0.39 is 0 Å². The Bertz CT molecular complexity index is 361. The minimum absolute atomic E-state index is 0.166. The lowest BCUT2D eigenvalue weighted by molar-refractivity contribution is 0.0573. The first kappa shape index (κ1) is 34.8. The Balaban J connectivity index is 3.82. The number of nitrogens with zero attached hydrogens (tertiary/aromatic N) is 1. The zero-order valence-corrected chi connectivity index (χ0v) is 24.0. The maximum Gasteiger partial charge on any atom is 0.0667 e. The van der Waals surface area contributed by atoms with Crippen molar-refractivity contribution in [3.8, 4) is 0 Å². The van der Waals surface area contributed by atoms with Crippen LogP contribution in [-0.2, 0) is 0 Å². The van der Waals surface area contributed by atoms with Gasteiger partial charge in [-0.2, -0.15) is 0 Å². The van der Waals surface area contributed by atoms with E-state index in [9.17, 15) is 15.3 Å². The summed E-state index contributed by atoms with van der Waals surface area (Å²) < 4.78 is 0. The zero-order valence-electron chi connectivity index (χ0n) is 24.0. The van der Waals surface area contributed by atoms with Gasteiger partial charge in [-0.3, -0.25) is 4.90 Å². The lowest BCUT2D eigenvalue weighted by Crippen LogP contribution is -2.39. The fourth-order valence-corrected chi connectivity index (χ4v) is 5.06. The lowest BCUT2D eigenvalue weighted by atomic mass is 10.0. The van der Waals surface area contributed by atoms with Crippen LogP contribution < -0.4 is 0 Å². The molecule has 0 aliphatic rings. The number of aliphatic hydroxyl groups excluding tert-OH is 3. The molecule has 0 heterocycles. The molecule has 0 fully saturated rings. The smallest absolute Gasteiger partial charge is 0.0667 e. The molecule has 35 heavy (non-hydrogen) atoms. The van der Waals surface area contributed by atoms with Crippen LogP contribution in [0.5, 0.6) is 0 Å². The van der Waals surface area contributed by atoms with Gasteiger partial charge in [-0.15, -0.1) is 0 Å². The molecule has 0 aliphatic heterocycles. The predicted molar refractivity (Wildman–Crippen MR) is 153 cm³/mol. The van der Waals surface area contributed by atoms with Crippen LogP contribution in [0, 0.1) is 0 Å². The van der Waals surface area contributed by atoms with E-state index in [4.69, 9.17) is 0 Å². The fraction of sp³-hybridized carbons (Fsp3) is 1.00. The van der Waals surface area contributed by atoms with Gasteiger partial charge in [0.1, 0.15) is 0 Å². The van der Waals surface area contributed by atoms with Gasteiger partial charge in [0.05, 0.1) is 12.2 Å². The number of hydrogen-bond donors (Lipinski definition) is 3. The van der Waals surface area contributed by atoms with Gasteiger partial charge in [-0.25, -0.2) is 0 Å². The first-order valence-electron chi connectivity index (χ1n) is 15.8. The molecular weight excluding hydrogens is 434 g/mol. The van der Waals surface area contributed by atoms with E-state index in [0.29, 0.717) is 19.5 Å². The second kappa shape index (κ2) is 28.4. The molecule has 2 unspecified atom stereocenters. The summed E-state index contributed by atoms with van der Waals surface area (Å²) >= 11 is 0. The third kappa shape index (κ3) is 26.7. The quantitative estimate of drug-likeness (QED) is 0.0912. The molecule has 0 radical (unpaired) electrons. The van der Waals surface area contributed by atoms with Crippen LogP contribution in [0.3, 0.4) is 0 Å². The molecule has 3 N–H and O–H groups in total. The first-order chi connectivity index (χ1) is 17.1. The molecule has 0 aromatic heterocycles. The summed E-state index contributed by atoms with van der Waals surface area (Å²) in [6, 6.07) is 0. The van der Waals surface area contributed by atoms with E-state index in [-0.39, 0.29) is 18.8 Å². The Kier molecular flexibility index (Phi) is 28.3. The third-order valence-electron chi connectivity index (χ3n) is 7.35. The van der Waals surface area contributed by atoms with Crippen LogP contribution in [0.15, 0.2) is 0 Å². The van der Waals surface area contributed by atoms with Gasteiger partial charge in [0.25, 0.3) is 0 Å². The van der Waals surface area contributed by atoms with Crippen LogP contribution in [0.25, 0.3) is 0 Å². The van der Waals surface area contributed by atoms with Crippen LogP contribution in [0.4, 0.5) is 0 Å². The van der Waals surface area contributed by atoms with Crippen molar-refractivity contribution in [1.82, 2.24) is 4.90 Å². The van der Waals surface area contributed by atoms with Gasteiger partial charge < -0.3 is 15.3 Å². The highest BCUT2D eigenvalue weighted by Crippen LogP contribution is 2.14. The fourth-order valence-electron chi connectivity index (χ4n) is 5.06. The molecule has 4 nitrogen and oxygen atoms in total. The molecule has 2 atom stereocenters. The minimum atomic E-state index is -0.327. The minimum Gasteiger partial charge on any atom is -0.396 e. The summed E-state index contributed by atoms with van der Waals surface area (Å²) in [7, 11) is 0. The Morgan fingerprint density at radius 2 is 0.771 bits per heavy atom. The largest absolute Gasteiger partial charge is 0.396 e. The molecule has 0 amide bonds. The van der Waals surface area contributed by atoms with E-state index in [2.05, 4.69) is 18.7 Å². The predicted octanol–water partition coefficient (Wildman–Crippen LogP) is 8.01. The molecule has 212 valence electrons. The molecule has 0 rings (SSSR count). The summed E-state index contributed by atoms with van der Waals surface area (Å²) in [6.07, 6.45) is 28.0. The lowest BCUT2D eigenvalue weighted by Gasteiger charge is -2.27. The van der Waals surface area contributed by atoms with Crippen molar-refractivity contribution < 1.29 is 15.3 Å². The highest BCUT2D eigenvalue weighted by Gasteiger charge is 2.15. The van der Waals surface area contributed by atoms with Gasteiger partial charge in [0, 0.05) is 26.2 Å². The highest BCUT2D eigenvalue weighted by molar-refractivity contribution is 4.70.